The van der Waals surface area contributed by atoms with E-state index in [0.717, 1.165) is 34.7 Å². The Labute approximate surface area is 167 Å². The lowest BCUT2D eigenvalue weighted by molar-refractivity contribution is -0.121. The zero-order valence-corrected chi connectivity index (χ0v) is 16.4. The van der Waals surface area contributed by atoms with Gasteiger partial charge >= 0.3 is 5.97 Å². The van der Waals surface area contributed by atoms with Crippen molar-refractivity contribution in [3.63, 3.8) is 0 Å². The van der Waals surface area contributed by atoms with Gasteiger partial charge in [-0.1, -0.05) is 48.5 Å². The number of hydrogen-bond donors (Lipinski definition) is 0. The van der Waals surface area contributed by atoms with E-state index in [1.54, 1.807) is 11.8 Å². The molecule has 2 heterocycles. The van der Waals surface area contributed by atoms with Crippen LogP contribution in [0.25, 0.3) is 10.6 Å². The number of aryl methyl sites for hydroxylation is 2. The van der Waals surface area contributed by atoms with Crippen LogP contribution in [0.2, 0.25) is 0 Å². The lowest BCUT2D eigenvalue weighted by Gasteiger charge is -2.29. The fraction of sp³-hybridized carbons (Fsp3) is 0.227. The van der Waals surface area contributed by atoms with Crippen LogP contribution in [0.15, 0.2) is 54.6 Å². The molecular weight excluding hydrogens is 372 g/mol. The number of aromatic nitrogens is 1. The van der Waals surface area contributed by atoms with E-state index in [1.165, 1.54) is 11.3 Å². The maximum Gasteiger partial charge on any atom is 0.350 e. The van der Waals surface area contributed by atoms with E-state index in [4.69, 9.17) is 4.74 Å². The van der Waals surface area contributed by atoms with Crippen molar-refractivity contribution < 1.29 is 14.3 Å². The molecule has 0 spiro atoms. The molecule has 0 saturated carbocycles. The molecule has 0 bridgehead atoms. The Hall–Kier alpha value is -2.99. The second kappa shape index (κ2) is 7.94. The van der Waals surface area contributed by atoms with Crippen molar-refractivity contribution in [2.75, 3.05) is 18.1 Å². The van der Waals surface area contributed by atoms with E-state index in [0.29, 0.717) is 17.1 Å². The van der Waals surface area contributed by atoms with Gasteiger partial charge in [-0.3, -0.25) is 4.79 Å². The Bertz CT molecular complexity index is 1010. The first-order valence-electron chi connectivity index (χ1n) is 9.22. The van der Waals surface area contributed by atoms with Crippen LogP contribution in [0, 0.1) is 6.92 Å². The van der Waals surface area contributed by atoms with E-state index in [9.17, 15) is 9.59 Å². The molecule has 1 aromatic heterocycles. The van der Waals surface area contributed by atoms with Crippen molar-refractivity contribution >= 4 is 28.9 Å². The minimum absolute atomic E-state index is 0.203. The SMILES string of the molecule is Cc1nc(-c2ccccc2)sc1C(=O)OCC(=O)N1CCCc2ccccc21. The van der Waals surface area contributed by atoms with Gasteiger partial charge in [0.05, 0.1) is 5.69 Å². The minimum atomic E-state index is -0.504. The third-order valence-corrected chi connectivity index (χ3v) is 5.93. The van der Waals surface area contributed by atoms with Gasteiger partial charge < -0.3 is 9.64 Å². The summed E-state index contributed by atoms with van der Waals surface area (Å²) in [6.45, 7) is 2.15. The highest BCUT2D eigenvalue weighted by Gasteiger charge is 2.24. The molecule has 0 N–H and O–H groups in total. The molecule has 0 atom stereocenters. The molecule has 3 aromatic rings. The third kappa shape index (κ3) is 3.68. The second-order valence-corrected chi connectivity index (χ2v) is 7.65. The lowest BCUT2D eigenvalue weighted by Crippen LogP contribution is -2.38. The zero-order valence-electron chi connectivity index (χ0n) is 15.6. The summed E-state index contributed by atoms with van der Waals surface area (Å²) in [7, 11) is 0. The molecule has 28 heavy (non-hydrogen) atoms. The Balaban J connectivity index is 1.44. The topological polar surface area (TPSA) is 59.5 Å². The fourth-order valence-corrected chi connectivity index (χ4v) is 4.32. The molecule has 1 aliphatic heterocycles. The molecule has 0 aliphatic carbocycles. The third-order valence-electron chi connectivity index (χ3n) is 4.74. The van der Waals surface area contributed by atoms with Crippen LogP contribution in [0.5, 0.6) is 0 Å². The fourth-order valence-electron chi connectivity index (χ4n) is 3.35. The van der Waals surface area contributed by atoms with Crippen LogP contribution in [0.4, 0.5) is 5.69 Å². The first-order chi connectivity index (χ1) is 13.6. The number of thiazole rings is 1. The number of hydrogen-bond acceptors (Lipinski definition) is 5. The van der Waals surface area contributed by atoms with E-state index >= 15 is 0 Å². The number of para-hydroxylation sites is 1. The van der Waals surface area contributed by atoms with Gasteiger partial charge in [0.2, 0.25) is 0 Å². The first kappa shape index (κ1) is 18.4. The van der Waals surface area contributed by atoms with Gasteiger partial charge in [0.15, 0.2) is 6.61 Å². The second-order valence-electron chi connectivity index (χ2n) is 6.65. The largest absolute Gasteiger partial charge is 0.451 e. The smallest absolute Gasteiger partial charge is 0.350 e. The zero-order chi connectivity index (χ0) is 19.5. The van der Waals surface area contributed by atoms with Gasteiger partial charge in [-0.25, -0.2) is 9.78 Å². The average molecular weight is 392 g/mol. The van der Waals surface area contributed by atoms with Crippen LogP contribution >= 0.6 is 11.3 Å². The van der Waals surface area contributed by atoms with Crippen LogP contribution in [0.3, 0.4) is 0 Å². The number of carbonyl (C=O) groups excluding carboxylic acids is 2. The number of esters is 1. The van der Waals surface area contributed by atoms with E-state index < -0.39 is 5.97 Å². The summed E-state index contributed by atoms with van der Waals surface area (Å²) >= 11 is 1.29. The Morgan fingerprint density at radius 3 is 2.68 bits per heavy atom. The molecule has 0 unspecified atom stereocenters. The molecule has 0 radical (unpaired) electrons. The van der Waals surface area contributed by atoms with Crippen LogP contribution in [0.1, 0.15) is 27.3 Å². The lowest BCUT2D eigenvalue weighted by atomic mass is 10.0. The highest BCUT2D eigenvalue weighted by atomic mass is 32.1. The monoisotopic (exact) mass is 392 g/mol. The van der Waals surface area contributed by atoms with Gasteiger partial charge in [-0.05, 0) is 31.4 Å². The maximum atomic E-state index is 12.6. The average Bonchev–Trinajstić information content (AvgIpc) is 3.14. The molecule has 1 aliphatic rings. The van der Waals surface area contributed by atoms with Crippen molar-refractivity contribution in [1.29, 1.82) is 0 Å². The van der Waals surface area contributed by atoms with Crippen molar-refractivity contribution in [1.82, 2.24) is 4.98 Å². The Morgan fingerprint density at radius 2 is 1.86 bits per heavy atom. The molecule has 5 nitrogen and oxygen atoms in total. The maximum absolute atomic E-state index is 12.6. The first-order valence-corrected chi connectivity index (χ1v) is 10.0. The summed E-state index contributed by atoms with van der Waals surface area (Å²) in [5, 5.41) is 0.765. The molecule has 0 fully saturated rings. The number of nitrogens with zero attached hydrogens (tertiary/aromatic N) is 2. The highest BCUT2D eigenvalue weighted by molar-refractivity contribution is 7.17. The van der Waals surface area contributed by atoms with Crippen molar-refractivity contribution in [2.24, 2.45) is 0 Å². The summed E-state index contributed by atoms with van der Waals surface area (Å²) in [5.74, 6) is -0.707. The molecule has 0 saturated heterocycles. The Kier molecular flexibility index (Phi) is 5.21. The number of ether oxygens (including phenoxy) is 1. The molecule has 1 amide bonds. The number of fused-ring (bicyclic) bond motifs is 1. The quantitative estimate of drug-likeness (QED) is 0.623. The van der Waals surface area contributed by atoms with Gasteiger partial charge in [0, 0.05) is 17.8 Å². The van der Waals surface area contributed by atoms with Crippen molar-refractivity contribution in [3.05, 3.63) is 70.7 Å². The molecule has 2 aromatic carbocycles. The predicted octanol–water partition coefficient (Wildman–Crippen LogP) is 4.25. The highest BCUT2D eigenvalue weighted by Crippen LogP contribution is 2.29. The number of benzene rings is 2. The number of amides is 1. The molecular formula is C22H20N2O3S. The molecule has 6 heteroatoms. The van der Waals surface area contributed by atoms with E-state index in [2.05, 4.69) is 4.98 Å². The summed E-state index contributed by atoms with van der Waals surface area (Å²) < 4.78 is 5.33. The van der Waals surface area contributed by atoms with E-state index in [1.807, 2.05) is 54.6 Å². The number of rotatable bonds is 4. The van der Waals surface area contributed by atoms with Crippen LogP contribution in [-0.2, 0) is 16.0 Å². The van der Waals surface area contributed by atoms with Gasteiger partial charge in [-0.2, -0.15) is 0 Å². The van der Waals surface area contributed by atoms with Crippen molar-refractivity contribution in [3.8, 4) is 10.6 Å². The summed E-state index contributed by atoms with van der Waals surface area (Å²) in [6, 6.07) is 17.6. The minimum Gasteiger partial charge on any atom is -0.451 e. The van der Waals surface area contributed by atoms with Crippen molar-refractivity contribution in [2.45, 2.75) is 19.8 Å². The summed E-state index contributed by atoms with van der Waals surface area (Å²) in [4.78, 5) is 31.8. The Morgan fingerprint density at radius 1 is 1.11 bits per heavy atom. The van der Waals surface area contributed by atoms with Crippen LogP contribution < -0.4 is 4.90 Å². The summed E-state index contributed by atoms with van der Waals surface area (Å²) in [5.41, 5.74) is 3.63. The molecule has 142 valence electrons. The molecule has 4 rings (SSSR count). The number of anilines is 1. The van der Waals surface area contributed by atoms with Gasteiger partial charge in [-0.15, -0.1) is 11.3 Å². The number of carbonyl (C=O) groups is 2. The standard InChI is InChI=1S/C22H20N2O3S/c1-15-20(28-21(23-15)17-9-3-2-4-10-17)22(26)27-14-19(25)24-13-7-11-16-8-5-6-12-18(16)24/h2-6,8-10,12H,7,11,13-14H2,1H3. The van der Waals surface area contributed by atoms with Gasteiger partial charge in [0.25, 0.3) is 5.91 Å². The van der Waals surface area contributed by atoms with Gasteiger partial charge in [0.1, 0.15) is 9.88 Å². The van der Waals surface area contributed by atoms with Crippen LogP contribution in [-0.4, -0.2) is 30.0 Å². The predicted molar refractivity (Wildman–Crippen MR) is 110 cm³/mol. The normalized spacial score (nSPS) is 13.1. The van der Waals surface area contributed by atoms with E-state index in [-0.39, 0.29) is 12.5 Å². The summed E-state index contributed by atoms with van der Waals surface area (Å²) in [6.07, 6.45) is 1.87.